The van der Waals surface area contributed by atoms with Crippen LogP contribution in [0.25, 0.3) is 22.2 Å². The van der Waals surface area contributed by atoms with Crippen LogP contribution >= 0.6 is 11.3 Å². The predicted molar refractivity (Wildman–Crippen MR) is 122 cm³/mol. The summed E-state index contributed by atoms with van der Waals surface area (Å²) < 4.78 is 7.92. The number of carbonyl (C=O) groups is 2. The van der Waals surface area contributed by atoms with Crippen molar-refractivity contribution in [2.45, 2.75) is 20.4 Å². The number of anilines is 1. The smallest absolute Gasteiger partial charge is 0.341 e. The summed E-state index contributed by atoms with van der Waals surface area (Å²) in [6.45, 7) is 3.66. The molecule has 9 nitrogen and oxygen atoms in total. The molecule has 0 saturated heterocycles. The Labute approximate surface area is 187 Å². The summed E-state index contributed by atoms with van der Waals surface area (Å²) in [4.78, 5) is 42.2. The number of thiophene rings is 1. The van der Waals surface area contributed by atoms with Crippen LogP contribution in [0.3, 0.4) is 0 Å². The molecule has 0 fully saturated rings. The molecule has 1 N–H and O–H groups in total. The summed E-state index contributed by atoms with van der Waals surface area (Å²) in [6.07, 6.45) is 2.73. The molecule has 164 valence electrons. The minimum Gasteiger partial charge on any atom is -0.462 e. The number of hydrogen-bond acceptors (Lipinski definition) is 7. The van der Waals surface area contributed by atoms with E-state index in [1.54, 1.807) is 14.0 Å². The third kappa shape index (κ3) is 4.04. The van der Waals surface area contributed by atoms with Gasteiger partial charge in [-0.3, -0.25) is 18.8 Å². The van der Waals surface area contributed by atoms with Gasteiger partial charge in [0.15, 0.2) is 5.65 Å². The Morgan fingerprint density at radius 1 is 1.22 bits per heavy atom. The molecule has 0 unspecified atom stereocenters. The maximum atomic E-state index is 12.7. The molecule has 0 saturated carbocycles. The number of aryl methyl sites for hydroxylation is 2. The number of benzene rings is 1. The zero-order chi connectivity index (χ0) is 22.8. The van der Waals surface area contributed by atoms with Gasteiger partial charge >= 0.3 is 5.97 Å². The lowest BCUT2D eigenvalue weighted by atomic mass is 10.0. The van der Waals surface area contributed by atoms with Crippen LogP contribution in [0, 0.1) is 6.92 Å². The SMILES string of the molecule is CCOC(=O)c1c(-c2ccc(C)cc2)csc1NC(=O)Cn1cnc2c(cnn2C)c1=O. The minimum absolute atomic E-state index is 0.210. The first-order chi connectivity index (χ1) is 15.4. The van der Waals surface area contributed by atoms with Crippen LogP contribution in [0.5, 0.6) is 0 Å². The number of nitrogens with one attached hydrogen (secondary N) is 1. The molecule has 10 heteroatoms. The fourth-order valence-electron chi connectivity index (χ4n) is 3.30. The quantitative estimate of drug-likeness (QED) is 0.452. The van der Waals surface area contributed by atoms with Crippen molar-refractivity contribution in [3.63, 3.8) is 0 Å². The Kier molecular flexibility index (Phi) is 5.87. The van der Waals surface area contributed by atoms with Gasteiger partial charge in [-0.1, -0.05) is 29.8 Å². The van der Waals surface area contributed by atoms with Crippen molar-refractivity contribution >= 4 is 39.2 Å². The van der Waals surface area contributed by atoms with Crippen LogP contribution in [0.1, 0.15) is 22.8 Å². The molecule has 0 aliphatic heterocycles. The monoisotopic (exact) mass is 451 g/mol. The van der Waals surface area contributed by atoms with Crippen molar-refractivity contribution in [1.29, 1.82) is 0 Å². The number of amides is 1. The lowest BCUT2D eigenvalue weighted by Gasteiger charge is -2.10. The number of carbonyl (C=O) groups excluding carboxylic acids is 2. The fourth-order valence-corrected chi connectivity index (χ4v) is 4.28. The molecule has 3 heterocycles. The Morgan fingerprint density at radius 2 is 1.97 bits per heavy atom. The van der Waals surface area contributed by atoms with Crippen LogP contribution in [0.4, 0.5) is 5.00 Å². The molecule has 32 heavy (non-hydrogen) atoms. The lowest BCUT2D eigenvalue weighted by Crippen LogP contribution is -2.28. The number of nitrogens with zero attached hydrogens (tertiary/aromatic N) is 4. The van der Waals surface area contributed by atoms with Crippen molar-refractivity contribution in [3.05, 3.63) is 63.7 Å². The largest absolute Gasteiger partial charge is 0.462 e. The molecular formula is C22H21N5O4S. The van der Waals surface area contributed by atoms with Crippen LogP contribution in [0.2, 0.25) is 0 Å². The van der Waals surface area contributed by atoms with Crippen molar-refractivity contribution < 1.29 is 14.3 Å². The van der Waals surface area contributed by atoms with E-state index in [2.05, 4.69) is 15.4 Å². The number of aromatic nitrogens is 4. The summed E-state index contributed by atoms with van der Waals surface area (Å²) in [6, 6.07) is 7.74. The van der Waals surface area contributed by atoms with E-state index in [-0.39, 0.29) is 18.7 Å². The summed E-state index contributed by atoms with van der Waals surface area (Å²) >= 11 is 1.23. The molecule has 0 bridgehead atoms. The second-order valence-electron chi connectivity index (χ2n) is 7.17. The molecule has 0 atom stereocenters. The van der Waals surface area contributed by atoms with E-state index < -0.39 is 11.9 Å². The highest BCUT2D eigenvalue weighted by molar-refractivity contribution is 7.15. The third-order valence-corrected chi connectivity index (χ3v) is 5.81. The van der Waals surface area contributed by atoms with E-state index in [4.69, 9.17) is 4.74 Å². The van der Waals surface area contributed by atoms with Crippen molar-refractivity contribution in [2.75, 3.05) is 11.9 Å². The van der Waals surface area contributed by atoms with Gasteiger partial charge in [0.1, 0.15) is 28.8 Å². The van der Waals surface area contributed by atoms with Crippen molar-refractivity contribution in [1.82, 2.24) is 19.3 Å². The van der Waals surface area contributed by atoms with Gasteiger partial charge in [0.05, 0.1) is 12.8 Å². The summed E-state index contributed by atoms with van der Waals surface area (Å²) in [7, 11) is 1.69. The van der Waals surface area contributed by atoms with Gasteiger partial charge in [0, 0.05) is 18.0 Å². The maximum Gasteiger partial charge on any atom is 0.341 e. The van der Waals surface area contributed by atoms with Gasteiger partial charge in [-0.25, -0.2) is 9.78 Å². The molecule has 0 spiro atoms. The van der Waals surface area contributed by atoms with Crippen LogP contribution < -0.4 is 10.9 Å². The normalized spacial score (nSPS) is 11.0. The Bertz CT molecular complexity index is 1370. The van der Waals surface area contributed by atoms with E-state index in [0.29, 0.717) is 27.2 Å². The van der Waals surface area contributed by atoms with E-state index >= 15 is 0 Å². The zero-order valence-corrected chi connectivity index (χ0v) is 18.6. The van der Waals surface area contributed by atoms with Gasteiger partial charge in [-0.05, 0) is 19.4 Å². The molecule has 0 radical (unpaired) electrons. The average Bonchev–Trinajstić information content (AvgIpc) is 3.35. The minimum atomic E-state index is -0.518. The Morgan fingerprint density at radius 3 is 2.69 bits per heavy atom. The van der Waals surface area contributed by atoms with Crippen LogP contribution in [-0.4, -0.2) is 37.8 Å². The second-order valence-corrected chi connectivity index (χ2v) is 8.05. The Hall–Kier alpha value is -3.79. The van der Waals surface area contributed by atoms with Gasteiger partial charge in [0.2, 0.25) is 5.91 Å². The molecule has 1 amide bonds. The molecule has 3 aromatic heterocycles. The summed E-state index contributed by atoms with van der Waals surface area (Å²) in [5, 5.41) is 9.27. The highest BCUT2D eigenvalue weighted by Crippen LogP contribution is 2.36. The van der Waals surface area contributed by atoms with Crippen molar-refractivity contribution in [3.8, 4) is 11.1 Å². The Balaban J connectivity index is 1.63. The standard InChI is InChI=1S/C22H21N5O4S/c1-4-31-22(30)18-16(14-7-5-13(2)6-8-14)11-32-20(18)25-17(28)10-27-12-23-19-15(21(27)29)9-24-26(19)3/h5-9,11-12H,4,10H2,1-3H3,(H,25,28). The maximum absolute atomic E-state index is 12.7. The van der Waals surface area contributed by atoms with Crippen LogP contribution in [0.15, 0.2) is 47.0 Å². The lowest BCUT2D eigenvalue weighted by molar-refractivity contribution is -0.116. The number of fused-ring (bicyclic) bond motifs is 1. The molecule has 4 rings (SSSR count). The van der Waals surface area contributed by atoms with Crippen molar-refractivity contribution in [2.24, 2.45) is 7.05 Å². The topological polar surface area (TPSA) is 108 Å². The highest BCUT2D eigenvalue weighted by atomic mass is 32.1. The summed E-state index contributed by atoms with van der Waals surface area (Å²) in [5.74, 6) is -0.977. The fraction of sp³-hybridized carbons (Fsp3) is 0.227. The first kappa shape index (κ1) is 21.4. The molecule has 1 aromatic carbocycles. The van der Waals surface area contributed by atoms with E-state index in [0.717, 1.165) is 11.1 Å². The average molecular weight is 452 g/mol. The van der Waals surface area contributed by atoms with Crippen LogP contribution in [-0.2, 0) is 23.1 Å². The molecular weight excluding hydrogens is 430 g/mol. The number of hydrogen-bond donors (Lipinski definition) is 1. The van der Waals surface area contributed by atoms with Gasteiger partial charge < -0.3 is 10.1 Å². The second kappa shape index (κ2) is 8.75. The first-order valence-corrected chi connectivity index (χ1v) is 10.8. The number of esters is 1. The van der Waals surface area contributed by atoms with Gasteiger partial charge in [0.25, 0.3) is 5.56 Å². The number of ether oxygens (including phenoxy) is 1. The first-order valence-electron chi connectivity index (χ1n) is 9.91. The highest BCUT2D eigenvalue weighted by Gasteiger charge is 2.23. The van der Waals surface area contributed by atoms with E-state index in [9.17, 15) is 14.4 Å². The summed E-state index contributed by atoms with van der Waals surface area (Å²) in [5.41, 5.74) is 2.99. The predicted octanol–water partition coefficient (Wildman–Crippen LogP) is 2.98. The molecule has 4 aromatic rings. The molecule has 0 aliphatic rings. The van der Waals surface area contributed by atoms with E-state index in [1.165, 1.54) is 33.1 Å². The van der Waals surface area contributed by atoms with Gasteiger partial charge in [-0.2, -0.15) is 5.10 Å². The zero-order valence-electron chi connectivity index (χ0n) is 17.8. The molecule has 0 aliphatic carbocycles. The number of rotatable bonds is 6. The third-order valence-electron chi connectivity index (χ3n) is 4.92. The van der Waals surface area contributed by atoms with Gasteiger partial charge in [-0.15, -0.1) is 11.3 Å². The van der Waals surface area contributed by atoms with E-state index in [1.807, 2.05) is 36.6 Å².